The summed E-state index contributed by atoms with van der Waals surface area (Å²) in [7, 11) is 1.73. The second-order valence-electron chi connectivity index (χ2n) is 3.01. The highest BCUT2D eigenvalue weighted by Gasteiger charge is 2.10. The van der Waals surface area contributed by atoms with Crippen LogP contribution in [-0.4, -0.2) is 23.0 Å². The lowest BCUT2D eigenvalue weighted by molar-refractivity contribution is 0.116. The Labute approximate surface area is 87.2 Å². The van der Waals surface area contributed by atoms with E-state index in [0.717, 1.165) is 17.4 Å². The van der Waals surface area contributed by atoms with Crippen LogP contribution in [0.1, 0.15) is 19.5 Å². The molecule has 0 amide bonds. The lowest BCUT2D eigenvalue weighted by Gasteiger charge is -2.10. The zero-order chi connectivity index (χ0) is 9.84. The van der Waals surface area contributed by atoms with Gasteiger partial charge in [-0.2, -0.15) is 5.10 Å². The van der Waals surface area contributed by atoms with Gasteiger partial charge in [0.1, 0.15) is 0 Å². The summed E-state index contributed by atoms with van der Waals surface area (Å²) in [5.74, 6) is 0. The average Bonchev–Trinajstić information content (AvgIpc) is 2.48. The van der Waals surface area contributed by atoms with Gasteiger partial charge in [-0.25, -0.2) is 0 Å². The molecular weight excluding hydrogens is 232 g/mol. The quantitative estimate of drug-likeness (QED) is 0.815. The smallest absolute Gasteiger partial charge is 0.0635 e. The molecule has 0 N–H and O–H groups in total. The number of aryl methyl sites for hydroxylation is 1. The third kappa shape index (κ3) is 2.54. The van der Waals surface area contributed by atoms with Gasteiger partial charge >= 0.3 is 0 Å². The van der Waals surface area contributed by atoms with E-state index in [4.69, 9.17) is 4.74 Å². The van der Waals surface area contributed by atoms with Crippen molar-refractivity contribution >= 4 is 15.9 Å². The van der Waals surface area contributed by atoms with Crippen molar-refractivity contribution in [3.63, 3.8) is 0 Å². The van der Waals surface area contributed by atoms with Gasteiger partial charge in [-0.1, -0.05) is 0 Å². The van der Waals surface area contributed by atoms with E-state index >= 15 is 0 Å². The van der Waals surface area contributed by atoms with E-state index in [1.165, 1.54) is 5.69 Å². The van der Waals surface area contributed by atoms with Gasteiger partial charge in [-0.15, -0.1) is 0 Å². The SMILES string of the molecule is CCn1ncc(Br)c1CC(C)OC. The first kappa shape index (κ1) is 10.7. The molecular formula is C9H15BrN2O. The predicted octanol–water partition coefficient (Wildman–Crippen LogP) is 2.24. The fraction of sp³-hybridized carbons (Fsp3) is 0.667. The van der Waals surface area contributed by atoms with E-state index in [1.54, 1.807) is 7.11 Å². The van der Waals surface area contributed by atoms with Crippen molar-refractivity contribution in [2.75, 3.05) is 7.11 Å². The summed E-state index contributed by atoms with van der Waals surface area (Å²) in [6.07, 6.45) is 2.96. The fourth-order valence-corrected chi connectivity index (χ4v) is 1.68. The molecule has 0 fully saturated rings. The zero-order valence-corrected chi connectivity index (χ0v) is 9.84. The molecule has 1 aromatic rings. The fourth-order valence-electron chi connectivity index (χ4n) is 1.22. The van der Waals surface area contributed by atoms with Gasteiger partial charge in [0, 0.05) is 20.1 Å². The number of rotatable bonds is 4. The summed E-state index contributed by atoms with van der Waals surface area (Å²) in [5, 5.41) is 4.24. The predicted molar refractivity (Wildman–Crippen MR) is 55.8 cm³/mol. The van der Waals surface area contributed by atoms with Gasteiger partial charge < -0.3 is 4.74 Å². The van der Waals surface area contributed by atoms with E-state index in [9.17, 15) is 0 Å². The van der Waals surface area contributed by atoms with Crippen LogP contribution in [0.25, 0.3) is 0 Å². The van der Waals surface area contributed by atoms with Gasteiger partial charge in [0.2, 0.25) is 0 Å². The van der Waals surface area contributed by atoms with Crippen LogP contribution in [0.4, 0.5) is 0 Å². The first-order chi connectivity index (χ1) is 6.19. The largest absolute Gasteiger partial charge is 0.381 e. The van der Waals surface area contributed by atoms with Crippen LogP contribution in [0.5, 0.6) is 0 Å². The molecule has 1 aromatic heterocycles. The van der Waals surface area contributed by atoms with Crippen LogP contribution in [0.15, 0.2) is 10.7 Å². The second kappa shape index (κ2) is 4.77. The third-order valence-electron chi connectivity index (χ3n) is 2.08. The molecule has 1 rings (SSSR count). The Balaban J connectivity index is 2.79. The molecule has 0 saturated heterocycles. The second-order valence-corrected chi connectivity index (χ2v) is 3.86. The minimum absolute atomic E-state index is 0.235. The standard InChI is InChI=1S/C9H15BrN2O/c1-4-12-9(5-7(2)13-3)8(10)6-11-12/h6-7H,4-5H2,1-3H3. The number of ether oxygens (including phenoxy) is 1. The summed E-state index contributed by atoms with van der Waals surface area (Å²) >= 11 is 3.48. The highest BCUT2D eigenvalue weighted by atomic mass is 79.9. The van der Waals surface area contributed by atoms with Crippen LogP contribution in [-0.2, 0) is 17.7 Å². The molecule has 0 aliphatic heterocycles. The summed E-state index contributed by atoms with van der Waals surface area (Å²) in [6, 6.07) is 0. The van der Waals surface area contributed by atoms with Gasteiger partial charge in [-0.05, 0) is 29.8 Å². The Morgan fingerprint density at radius 1 is 1.69 bits per heavy atom. The van der Waals surface area contributed by atoms with E-state index < -0.39 is 0 Å². The monoisotopic (exact) mass is 246 g/mol. The maximum absolute atomic E-state index is 5.22. The van der Waals surface area contributed by atoms with Gasteiger partial charge in [-0.3, -0.25) is 4.68 Å². The Bertz CT molecular complexity index is 273. The molecule has 0 spiro atoms. The molecule has 0 aromatic carbocycles. The Morgan fingerprint density at radius 3 is 2.92 bits per heavy atom. The molecule has 1 atom stereocenters. The van der Waals surface area contributed by atoms with Gasteiger partial charge in [0.25, 0.3) is 0 Å². The molecule has 0 radical (unpaired) electrons. The zero-order valence-electron chi connectivity index (χ0n) is 8.25. The molecule has 74 valence electrons. The number of hydrogen-bond donors (Lipinski definition) is 0. The van der Waals surface area contributed by atoms with E-state index in [-0.39, 0.29) is 6.10 Å². The van der Waals surface area contributed by atoms with Crippen LogP contribution < -0.4 is 0 Å². The molecule has 0 bridgehead atoms. The van der Waals surface area contributed by atoms with Crippen molar-refractivity contribution in [3.05, 3.63) is 16.4 Å². The average molecular weight is 247 g/mol. The topological polar surface area (TPSA) is 27.1 Å². The minimum atomic E-state index is 0.235. The van der Waals surface area contributed by atoms with E-state index in [2.05, 4.69) is 34.9 Å². The van der Waals surface area contributed by atoms with E-state index in [0.29, 0.717) is 0 Å². The maximum atomic E-state index is 5.22. The molecule has 13 heavy (non-hydrogen) atoms. The van der Waals surface area contributed by atoms with Crippen molar-refractivity contribution in [3.8, 4) is 0 Å². The normalized spacial score (nSPS) is 13.2. The first-order valence-electron chi connectivity index (χ1n) is 4.42. The third-order valence-corrected chi connectivity index (χ3v) is 2.74. The summed E-state index contributed by atoms with van der Waals surface area (Å²) in [4.78, 5) is 0. The van der Waals surface area contributed by atoms with Crippen molar-refractivity contribution in [1.29, 1.82) is 0 Å². The van der Waals surface area contributed by atoms with E-state index in [1.807, 2.05) is 10.9 Å². The van der Waals surface area contributed by atoms with Crippen LogP contribution in [0.2, 0.25) is 0 Å². The van der Waals surface area contributed by atoms with Gasteiger partial charge in [0.15, 0.2) is 0 Å². The van der Waals surface area contributed by atoms with Gasteiger partial charge in [0.05, 0.1) is 22.5 Å². The minimum Gasteiger partial charge on any atom is -0.381 e. The lowest BCUT2D eigenvalue weighted by atomic mass is 10.2. The number of hydrogen-bond acceptors (Lipinski definition) is 2. The van der Waals surface area contributed by atoms with Crippen molar-refractivity contribution in [2.45, 2.75) is 32.9 Å². The molecule has 3 nitrogen and oxygen atoms in total. The number of methoxy groups -OCH3 is 1. The number of halogens is 1. The van der Waals surface area contributed by atoms with Crippen molar-refractivity contribution in [1.82, 2.24) is 9.78 Å². The highest BCUT2D eigenvalue weighted by molar-refractivity contribution is 9.10. The summed E-state index contributed by atoms with van der Waals surface area (Å²) in [5.41, 5.74) is 1.21. The molecule has 0 aliphatic carbocycles. The first-order valence-corrected chi connectivity index (χ1v) is 5.21. The Morgan fingerprint density at radius 2 is 2.38 bits per heavy atom. The molecule has 1 heterocycles. The maximum Gasteiger partial charge on any atom is 0.0635 e. The summed E-state index contributed by atoms with van der Waals surface area (Å²) in [6.45, 7) is 5.04. The van der Waals surface area contributed by atoms with Crippen LogP contribution >= 0.6 is 15.9 Å². The molecule has 0 saturated carbocycles. The molecule has 4 heteroatoms. The molecule has 1 unspecified atom stereocenters. The highest BCUT2D eigenvalue weighted by Crippen LogP contribution is 2.18. The number of aromatic nitrogens is 2. The Hall–Kier alpha value is -0.350. The number of nitrogens with zero attached hydrogens (tertiary/aromatic N) is 2. The lowest BCUT2D eigenvalue weighted by Crippen LogP contribution is -2.13. The van der Waals surface area contributed by atoms with Crippen LogP contribution in [0, 0.1) is 0 Å². The van der Waals surface area contributed by atoms with Crippen LogP contribution in [0.3, 0.4) is 0 Å². The molecule has 0 aliphatic rings. The summed E-state index contributed by atoms with van der Waals surface area (Å²) < 4.78 is 8.27. The van der Waals surface area contributed by atoms with Crippen molar-refractivity contribution < 1.29 is 4.74 Å². The van der Waals surface area contributed by atoms with Crippen molar-refractivity contribution in [2.24, 2.45) is 0 Å². The Kier molecular flexibility index (Phi) is 3.93.